The molecule has 12 heteroatoms. The molecule has 0 aliphatic carbocycles. The summed E-state index contributed by atoms with van der Waals surface area (Å²) >= 11 is 0. The van der Waals surface area contributed by atoms with Gasteiger partial charge in [-0.05, 0) is 71.5 Å². The van der Waals surface area contributed by atoms with Crippen molar-refractivity contribution in [2.45, 2.75) is 39.5 Å². The lowest BCUT2D eigenvalue weighted by molar-refractivity contribution is 0.0695. The van der Waals surface area contributed by atoms with E-state index in [1.54, 1.807) is 48.7 Å². The van der Waals surface area contributed by atoms with Crippen LogP contribution >= 0.6 is 0 Å². The SMILES string of the molecule is CCc1cc(Nc2cc(Oc3ccc(NC(=O)Nc4cc(C(C)(C)C)cc(NS(C)=O)c4OC)c4ccccc34)ccn2)ccc1C(=O)O. The Morgan fingerprint density at radius 3 is 2.29 bits per heavy atom. The number of pyridine rings is 1. The third-order valence-corrected chi connectivity index (χ3v) is 8.25. The lowest BCUT2D eigenvalue weighted by atomic mass is 9.86. The minimum absolute atomic E-state index is 0.255. The highest BCUT2D eigenvalue weighted by atomic mass is 32.2. The van der Waals surface area contributed by atoms with Gasteiger partial charge in [-0.2, -0.15) is 0 Å². The van der Waals surface area contributed by atoms with Crippen molar-refractivity contribution in [2.75, 3.05) is 34.0 Å². The van der Waals surface area contributed by atoms with Gasteiger partial charge in [-0.3, -0.25) is 0 Å². The lowest BCUT2D eigenvalue weighted by Crippen LogP contribution is -2.21. The van der Waals surface area contributed by atoms with Crippen LogP contribution in [-0.4, -0.2) is 39.7 Å². The van der Waals surface area contributed by atoms with E-state index in [-0.39, 0.29) is 11.0 Å². The molecule has 0 aliphatic rings. The van der Waals surface area contributed by atoms with Gasteiger partial charge >= 0.3 is 12.0 Å². The number of carbonyl (C=O) groups is 2. The molecule has 0 fully saturated rings. The number of benzene rings is 4. The van der Waals surface area contributed by atoms with Crippen molar-refractivity contribution < 1.29 is 28.4 Å². The number of anilines is 5. The van der Waals surface area contributed by atoms with Gasteiger partial charge in [0.25, 0.3) is 0 Å². The molecule has 49 heavy (non-hydrogen) atoms. The van der Waals surface area contributed by atoms with Crippen LogP contribution in [-0.2, 0) is 22.8 Å². The number of nitrogens with one attached hydrogen (secondary N) is 4. The first kappa shape index (κ1) is 34.7. The van der Waals surface area contributed by atoms with Gasteiger partial charge in [0.05, 0.1) is 29.7 Å². The van der Waals surface area contributed by atoms with Crippen LogP contribution in [0.25, 0.3) is 10.8 Å². The van der Waals surface area contributed by atoms with E-state index in [2.05, 4.69) is 25.7 Å². The quantitative estimate of drug-likeness (QED) is 0.0929. The third-order valence-electron chi connectivity index (χ3n) is 7.74. The molecule has 1 aromatic heterocycles. The maximum atomic E-state index is 13.4. The van der Waals surface area contributed by atoms with Crippen molar-refractivity contribution in [3.05, 3.63) is 102 Å². The summed E-state index contributed by atoms with van der Waals surface area (Å²) < 4.78 is 26.9. The fourth-order valence-corrected chi connectivity index (χ4v) is 5.80. The molecule has 1 heterocycles. The highest BCUT2D eigenvalue weighted by molar-refractivity contribution is 7.85. The van der Waals surface area contributed by atoms with E-state index in [1.165, 1.54) is 13.4 Å². The number of fused-ring (bicyclic) bond motifs is 1. The van der Waals surface area contributed by atoms with Crippen molar-refractivity contribution in [1.29, 1.82) is 0 Å². The second-order valence-electron chi connectivity index (χ2n) is 12.3. The fourth-order valence-electron chi connectivity index (χ4n) is 5.34. The Morgan fingerprint density at radius 2 is 1.61 bits per heavy atom. The van der Waals surface area contributed by atoms with Crippen molar-refractivity contribution in [2.24, 2.45) is 0 Å². The van der Waals surface area contributed by atoms with E-state index in [4.69, 9.17) is 9.47 Å². The van der Waals surface area contributed by atoms with Crippen LogP contribution in [0.2, 0.25) is 0 Å². The maximum absolute atomic E-state index is 13.4. The Labute approximate surface area is 287 Å². The molecule has 11 nitrogen and oxygen atoms in total. The molecule has 0 spiro atoms. The van der Waals surface area contributed by atoms with Crippen molar-refractivity contribution in [3.8, 4) is 17.2 Å². The highest BCUT2D eigenvalue weighted by Crippen LogP contribution is 2.40. The number of ether oxygens (including phenoxy) is 2. The van der Waals surface area contributed by atoms with Crippen LogP contribution in [0.5, 0.6) is 17.2 Å². The molecular weight excluding hydrogens is 643 g/mol. The third kappa shape index (κ3) is 8.28. The first-order chi connectivity index (χ1) is 23.4. The average Bonchev–Trinajstić information content (AvgIpc) is 3.05. The monoisotopic (exact) mass is 681 g/mol. The van der Waals surface area contributed by atoms with Crippen LogP contribution < -0.4 is 30.1 Å². The molecule has 5 aromatic rings. The van der Waals surface area contributed by atoms with E-state index in [0.29, 0.717) is 57.8 Å². The predicted molar refractivity (Wildman–Crippen MR) is 196 cm³/mol. The van der Waals surface area contributed by atoms with Gasteiger partial charge in [-0.25, -0.2) is 18.8 Å². The lowest BCUT2D eigenvalue weighted by Gasteiger charge is -2.24. The molecule has 0 aliphatic heterocycles. The van der Waals surface area contributed by atoms with Gasteiger partial charge in [0.2, 0.25) is 0 Å². The molecule has 1 unspecified atom stereocenters. The van der Waals surface area contributed by atoms with E-state index in [1.807, 2.05) is 64.1 Å². The summed E-state index contributed by atoms with van der Waals surface area (Å²) in [7, 11) is 0.135. The number of nitrogens with zero attached hydrogens (tertiary/aromatic N) is 1. The Hall–Kier alpha value is -5.62. The first-order valence-corrected chi connectivity index (χ1v) is 17.1. The van der Waals surface area contributed by atoms with E-state index < -0.39 is 23.0 Å². The Bertz CT molecular complexity index is 2060. The highest BCUT2D eigenvalue weighted by Gasteiger charge is 2.22. The molecule has 4 aromatic carbocycles. The summed E-state index contributed by atoms with van der Waals surface area (Å²) in [4.78, 5) is 29.3. The van der Waals surface area contributed by atoms with Gasteiger partial charge in [0.15, 0.2) is 5.75 Å². The number of carboxylic acid groups (broad SMARTS) is 1. The summed E-state index contributed by atoms with van der Waals surface area (Å²) in [5.74, 6) is 1.02. The van der Waals surface area contributed by atoms with E-state index in [9.17, 15) is 18.9 Å². The number of aryl methyl sites for hydroxylation is 1. The van der Waals surface area contributed by atoms with E-state index >= 15 is 0 Å². The number of amides is 2. The minimum atomic E-state index is -1.36. The summed E-state index contributed by atoms with van der Waals surface area (Å²) in [6, 6.07) is 22.9. The fraction of sp³-hybridized carbons (Fsp3) is 0.216. The standard InChI is InChI=1S/C37H39N5O6S/c1-7-22-18-24(12-13-26(22)35(43)44)39-33-21-25(16-17-38-33)48-32-15-14-29(27-10-8-9-11-28(27)32)40-36(45)41-30-19-23(37(2,3)4)20-31(34(30)47-5)42-49(6)46/h8-21,42H,7H2,1-6H3,(H,38,39)(H,43,44)(H2,40,41,45). The van der Waals surface area contributed by atoms with Crippen molar-refractivity contribution in [3.63, 3.8) is 0 Å². The second kappa shape index (κ2) is 14.7. The number of methoxy groups -OCH3 is 1. The molecule has 1 atom stereocenters. The Balaban J connectivity index is 1.38. The van der Waals surface area contributed by atoms with Gasteiger partial charge in [0, 0.05) is 35.0 Å². The summed E-state index contributed by atoms with van der Waals surface area (Å²) in [5.41, 5.74) is 3.85. The second-order valence-corrected chi connectivity index (χ2v) is 13.4. The zero-order valence-electron chi connectivity index (χ0n) is 28.1. The van der Waals surface area contributed by atoms with Crippen LogP contribution in [0.3, 0.4) is 0 Å². The number of carboxylic acids is 1. The molecule has 0 saturated heterocycles. The topological polar surface area (TPSA) is 151 Å². The number of aromatic nitrogens is 1. The molecule has 2 amide bonds. The minimum Gasteiger partial charge on any atom is -0.492 e. The molecule has 5 rings (SSSR count). The molecule has 254 valence electrons. The smallest absolute Gasteiger partial charge is 0.335 e. The normalized spacial score (nSPS) is 11.8. The molecule has 0 bridgehead atoms. The van der Waals surface area contributed by atoms with Crippen molar-refractivity contribution in [1.82, 2.24) is 4.98 Å². The molecule has 5 N–H and O–H groups in total. The summed E-state index contributed by atoms with van der Waals surface area (Å²) in [6.45, 7) is 8.06. The predicted octanol–water partition coefficient (Wildman–Crippen LogP) is 8.69. The number of hydrogen-bond acceptors (Lipinski definition) is 7. The van der Waals surface area contributed by atoms with E-state index in [0.717, 1.165) is 16.3 Å². The van der Waals surface area contributed by atoms with Gasteiger partial charge in [0.1, 0.15) is 28.3 Å². The van der Waals surface area contributed by atoms with Crippen LogP contribution in [0.4, 0.5) is 33.4 Å². The van der Waals surface area contributed by atoms with Crippen LogP contribution in [0, 0.1) is 0 Å². The number of aromatic carboxylic acids is 1. The zero-order chi connectivity index (χ0) is 35.3. The molecule has 0 radical (unpaired) electrons. The first-order valence-electron chi connectivity index (χ1n) is 15.6. The van der Waals surface area contributed by atoms with Crippen molar-refractivity contribution >= 4 is 62.3 Å². The summed E-state index contributed by atoms with van der Waals surface area (Å²) in [5, 5.41) is 20.1. The summed E-state index contributed by atoms with van der Waals surface area (Å²) in [6.07, 6.45) is 3.72. The maximum Gasteiger partial charge on any atom is 0.335 e. The molecule has 0 saturated carbocycles. The number of carbonyl (C=O) groups excluding carboxylic acids is 1. The van der Waals surface area contributed by atoms with Crippen LogP contribution in [0.1, 0.15) is 49.2 Å². The average molecular weight is 682 g/mol. The largest absolute Gasteiger partial charge is 0.492 e. The van der Waals surface area contributed by atoms with Gasteiger partial charge < -0.3 is 35.3 Å². The number of rotatable bonds is 11. The van der Waals surface area contributed by atoms with Crippen LogP contribution in [0.15, 0.2) is 85.1 Å². The number of hydrogen-bond donors (Lipinski definition) is 5. The Morgan fingerprint density at radius 1 is 0.898 bits per heavy atom. The van der Waals surface area contributed by atoms with Gasteiger partial charge in [-0.1, -0.05) is 52.0 Å². The van der Waals surface area contributed by atoms with Gasteiger partial charge in [-0.15, -0.1) is 0 Å². The molecular formula is C37H39N5O6S. The Kier molecular flexibility index (Phi) is 10.4. The number of urea groups is 1. The zero-order valence-corrected chi connectivity index (χ0v) is 29.0.